The number of halogens is 1. The first-order chi connectivity index (χ1) is 14.4. The second-order valence-corrected chi connectivity index (χ2v) is 6.29. The Morgan fingerprint density at radius 3 is 2.57 bits per heavy atom. The summed E-state index contributed by atoms with van der Waals surface area (Å²) in [4.78, 5) is 36.7. The van der Waals surface area contributed by atoms with Crippen LogP contribution in [0.2, 0.25) is 0 Å². The standard InChI is InChI=1S/C21H19FN2O6/c22-15-3-5-16(6-4-15)24(10-9-19(23)25)20(26)12-28-21(27)8-2-14-1-7-17-18(11-14)30-13-29-17/h1-8,11H,9-10,12-13H2,(H2,23,25)/b8-2+. The Bertz CT molecular complexity index is 974. The van der Waals surface area contributed by atoms with Gasteiger partial charge in [-0.3, -0.25) is 9.59 Å². The predicted molar refractivity (Wildman–Crippen MR) is 105 cm³/mol. The molecular weight excluding hydrogens is 395 g/mol. The first kappa shape index (κ1) is 20.8. The van der Waals surface area contributed by atoms with Gasteiger partial charge in [0.15, 0.2) is 18.1 Å². The number of nitrogens with zero attached hydrogens (tertiary/aromatic N) is 1. The number of hydrogen-bond donors (Lipinski definition) is 1. The van der Waals surface area contributed by atoms with Crippen molar-refractivity contribution >= 4 is 29.5 Å². The topological polar surface area (TPSA) is 108 Å². The SMILES string of the molecule is NC(=O)CCN(C(=O)COC(=O)/C=C/c1ccc2c(c1)OCO2)c1ccc(F)cc1. The van der Waals surface area contributed by atoms with E-state index in [4.69, 9.17) is 19.9 Å². The van der Waals surface area contributed by atoms with Gasteiger partial charge in [0.05, 0.1) is 0 Å². The number of primary amides is 1. The van der Waals surface area contributed by atoms with Gasteiger partial charge in [-0.15, -0.1) is 0 Å². The molecule has 2 aromatic carbocycles. The number of amides is 2. The maximum Gasteiger partial charge on any atom is 0.331 e. The van der Waals surface area contributed by atoms with Crippen molar-refractivity contribution in [1.82, 2.24) is 0 Å². The van der Waals surface area contributed by atoms with Crippen LogP contribution in [0.4, 0.5) is 10.1 Å². The van der Waals surface area contributed by atoms with Gasteiger partial charge in [-0.25, -0.2) is 9.18 Å². The molecule has 1 aliphatic heterocycles. The van der Waals surface area contributed by atoms with Crippen LogP contribution in [0, 0.1) is 5.82 Å². The van der Waals surface area contributed by atoms with Crippen LogP contribution in [0.25, 0.3) is 6.08 Å². The molecule has 156 valence electrons. The highest BCUT2D eigenvalue weighted by Gasteiger charge is 2.18. The molecule has 0 fully saturated rings. The van der Waals surface area contributed by atoms with Crippen molar-refractivity contribution in [2.24, 2.45) is 5.73 Å². The van der Waals surface area contributed by atoms with Crippen LogP contribution >= 0.6 is 0 Å². The zero-order valence-electron chi connectivity index (χ0n) is 15.9. The zero-order valence-corrected chi connectivity index (χ0v) is 15.9. The highest BCUT2D eigenvalue weighted by Crippen LogP contribution is 2.32. The second-order valence-electron chi connectivity index (χ2n) is 6.29. The van der Waals surface area contributed by atoms with E-state index in [9.17, 15) is 18.8 Å². The van der Waals surface area contributed by atoms with Crippen LogP contribution < -0.4 is 20.1 Å². The molecule has 2 N–H and O–H groups in total. The molecule has 0 radical (unpaired) electrons. The Labute approximate surface area is 171 Å². The molecule has 0 unspecified atom stereocenters. The van der Waals surface area contributed by atoms with E-state index in [0.29, 0.717) is 22.7 Å². The molecule has 2 aromatic rings. The number of anilines is 1. The minimum atomic E-state index is -0.727. The predicted octanol–water partition coefficient (Wildman–Crippen LogP) is 2.02. The van der Waals surface area contributed by atoms with Gasteiger partial charge in [-0.2, -0.15) is 0 Å². The minimum Gasteiger partial charge on any atom is -0.454 e. The molecule has 0 aliphatic carbocycles. The summed E-state index contributed by atoms with van der Waals surface area (Å²) in [5.74, 6) is -1.18. The molecule has 0 saturated carbocycles. The van der Waals surface area contributed by atoms with Crippen molar-refractivity contribution in [3.05, 3.63) is 59.9 Å². The third kappa shape index (κ3) is 5.57. The summed E-state index contributed by atoms with van der Waals surface area (Å²) in [5, 5.41) is 0. The molecule has 0 aromatic heterocycles. The van der Waals surface area contributed by atoms with Crippen molar-refractivity contribution in [3.63, 3.8) is 0 Å². The lowest BCUT2D eigenvalue weighted by molar-refractivity contribution is -0.143. The number of esters is 1. The lowest BCUT2D eigenvalue weighted by atomic mass is 10.2. The molecule has 8 nitrogen and oxygen atoms in total. The molecule has 30 heavy (non-hydrogen) atoms. The Balaban J connectivity index is 1.58. The Hall–Kier alpha value is -3.88. The van der Waals surface area contributed by atoms with Crippen LogP contribution in [0.3, 0.4) is 0 Å². The fourth-order valence-electron chi connectivity index (χ4n) is 2.68. The van der Waals surface area contributed by atoms with E-state index in [0.717, 1.165) is 0 Å². The maximum atomic E-state index is 13.1. The molecular formula is C21H19FN2O6. The van der Waals surface area contributed by atoms with Crippen molar-refractivity contribution in [2.75, 3.05) is 24.8 Å². The summed E-state index contributed by atoms with van der Waals surface area (Å²) in [6.07, 6.45) is 2.59. The third-order valence-electron chi connectivity index (χ3n) is 4.17. The first-order valence-corrected chi connectivity index (χ1v) is 9.01. The minimum absolute atomic E-state index is 0.0234. The number of ether oxygens (including phenoxy) is 3. The van der Waals surface area contributed by atoms with Crippen molar-refractivity contribution < 1.29 is 33.0 Å². The first-order valence-electron chi connectivity index (χ1n) is 9.01. The van der Waals surface area contributed by atoms with Gasteiger partial charge in [-0.1, -0.05) is 6.07 Å². The molecule has 1 heterocycles. The molecule has 9 heteroatoms. The van der Waals surface area contributed by atoms with E-state index in [1.165, 1.54) is 41.3 Å². The fraction of sp³-hybridized carbons (Fsp3) is 0.190. The maximum absolute atomic E-state index is 13.1. The van der Waals surface area contributed by atoms with Crippen LogP contribution in [-0.4, -0.2) is 37.7 Å². The molecule has 0 spiro atoms. The van der Waals surface area contributed by atoms with E-state index >= 15 is 0 Å². The normalized spacial score (nSPS) is 12.0. The molecule has 2 amide bonds. The van der Waals surface area contributed by atoms with Crippen molar-refractivity contribution in [3.8, 4) is 11.5 Å². The Kier molecular flexibility index (Phi) is 6.63. The summed E-state index contributed by atoms with van der Waals surface area (Å²) in [6, 6.07) is 10.3. The Morgan fingerprint density at radius 1 is 1.10 bits per heavy atom. The summed E-state index contributed by atoms with van der Waals surface area (Å²) >= 11 is 0. The van der Waals surface area contributed by atoms with E-state index in [2.05, 4.69) is 0 Å². The lowest BCUT2D eigenvalue weighted by Gasteiger charge is -2.22. The van der Waals surface area contributed by atoms with Gasteiger partial charge in [0.25, 0.3) is 5.91 Å². The number of hydrogen-bond acceptors (Lipinski definition) is 6. The van der Waals surface area contributed by atoms with E-state index in [1.807, 2.05) is 0 Å². The average Bonchev–Trinajstić information content (AvgIpc) is 3.19. The number of carbonyl (C=O) groups is 3. The van der Waals surface area contributed by atoms with E-state index in [-0.39, 0.29) is 19.8 Å². The monoisotopic (exact) mass is 414 g/mol. The quantitative estimate of drug-likeness (QED) is 0.523. The summed E-state index contributed by atoms with van der Waals surface area (Å²) in [7, 11) is 0. The van der Waals surface area contributed by atoms with E-state index in [1.54, 1.807) is 18.2 Å². The lowest BCUT2D eigenvalue weighted by Crippen LogP contribution is -2.37. The summed E-state index contributed by atoms with van der Waals surface area (Å²) in [6.45, 7) is -0.433. The van der Waals surface area contributed by atoms with Crippen LogP contribution in [0.1, 0.15) is 12.0 Å². The van der Waals surface area contributed by atoms with Gasteiger partial charge in [0.2, 0.25) is 12.7 Å². The van der Waals surface area contributed by atoms with Gasteiger partial charge < -0.3 is 24.8 Å². The number of rotatable bonds is 8. The molecule has 0 saturated heterocycles. The number of benzene rings is 2. The van der Waals surface area contributed by atoms with Gasteiger partial charge in [0, 0.05) is 24.7 Å². The van der Waals surface area contributed by atoms with Gasteiger partial charge in [0.1, 0.15) is 5.82 Å². The van der Waals surface area contributed by atoms with Gasteiger partial charge in [-0.05, 0) is 48.0 Å². The third-order valence-corrected chi connectivity index (χ3v) is 4.17. The average molecular weight is 414 g/mol. The van der Waals surface area contributed by atoms with Crippen molar-refractivity contribution in [2.45, 2.75) is 6.42 Å². The fourth-order valence-corrected chi connectivity index (χ4v) is 2.68. The highest BCUT2D eigenvalue weighted by atomic mass is 19.1. The molecule has 1 aliphatic rings. The van der Waals surface area contributed by atoms with Gasteiger partial charge >= 0.3 is 5.97 Å². The molecule has 0 atom stereocenters. The highest BCUT2D eigenvalue weighted by molar-refractivity contribution is 5.97. The number of carbonyl (C=O) groups excluding carboxylic acids is 3. The van der Waals surface area contributed by atoms with E-state index < -0.39 is 30.2 Å². The zero-order chi connectivity index (χ0) is 21.5. The smallest absolute Gasteiger partial charge is 0.331 e. The van der Waals surface area contributed by atoms with Crippen LogP contribution in [0.15, 0.2) is 48.5 Å². The van der Waals surface area contributed by atoms with Crippen LogP contribution in [-0.2, 0) is 19.1 Å². The number of fused-ring (bicyclic) bond motifs is 1. The Morgan fingerprint density at radius 2 is 1.83 bits per heavy atom. The number of nitrogens with two attached hydrogens (primary N) is 1. The molecule has 0 bridgehead atoms. The summed E-state index contributed by atoms with van der Waals surface area (Å²) < 4.78 is 28.6. The van der Waals surface area contributed by atoms with Crippen LogP contribution in [0.5, 0.6) is 11.5 Å². The summed E-state index contributed by atoms with van der Waals surface area (Å²) in [5.41, 5.74) is 6.19. The van der Waals surface area contributed by atoms with Crippen molar-refractivity contribution in [1.29, 1.82) is 0 Å². The second kappa shape index (κ2) is 9.55. The largest absolute Gasteiger partial charge is 0.454 e. The molecule has 3 rings (SSSR count).